The highest BCUT2D eigenvalue weighted by molar-refractivity contribution is 5.80. The Labute approximate surface area is 155 Å². The zero-order chi connectivity index (χ0) is 18.9. The molecule has 2 heterocycles. The molecule has 6 nitrogen and oxygen atoms in total. The number of para-hydroxylation sites is 2. The first-order valence-corrected chi connectivity index (χ1v) is 9.03. The van der Waals surface area contributed by atoms with Gasteiger partial charge in [0.05, 0.1) is 24.5 Å². The number of hydrogen-bond acceptors (Lipinski definition) is 4. The van der Waals surface area contributed by atoms with E-state index in [2.05, 4.69) is 29.9 Å². The van der Waals surface area contributed by atoms with Crippen LogP contribution in [0.4, 0.5) is 5.69 Å². The van der Waals surface area contributed by atoms with Gasteiger partial charge >= 0.3 is 0 Å². The summed E-state index contributed by atoms with van der Waals surface area (Å²) in [6.07, 6.45) is 3.70. The molecule has 1 atom stereocenters. The molecule has 1 unspecified atom stereocenters. The highest BCUT2D eigenvalue weighted by Crippen LogP contribution is 2.35. The number of amides is 1. The highest BCUT2D eigenvalue weighted by Gasteiger charge is 2.38. The minimum Gasteiger partial charge on any atom is -0.495 e. The summed E-state index contributed by atoms with van der Waals surface area (Å²) >= 11 is 0. The number of carbonyl (C=O) groups is 1. The number of ether oxygens (including phenoxy) is 1. The van der Waals surface area contributed by atoms with Gasteiger partial charge in [0.1, 0.15) is 11.8 Å². The predicted molar refractivity (Wildman–Crippen MR) is 103 cm³/mol. The predicted octanol–water partition coefficient (Wildman–Crippen LogP) is 2.89. The molecule has 1 aromatic carbocycles. The lowest BCUT2D eigenvalue weighted by molar-refractivity contribution is -0.136. The van der Waals surface area contributed by atoms with Crippen LogP contribution in [0.15, 0.2) is 36.7 Å². The lowest BCUT2D eigenvalue weighted by Gasteiger charge is -2.49. The average Bonchev–Trinajstić information content (AvgIpc) is 3.06. The maximum Gasteiger partial charge on any atom is 0.247 e. The van der Waals surface area contributed by atoms with E-state index in [0.29, 0.717) is 13.1 Å². The largest absolute Gasteiger partial charge is 0.495 e. The summed E-state index contributed by atoms with van der Waals surface area (Å²) in [6, 6.07) is 7.76. The summed E-state index contributed by atoms with van der Waals surface area (Å²) in [5.74, 6) is 0.974. The molecule has 1 amide bonds. The number of aromatic nitrogens is 2. The first kappa shape index (κ1) is 18.3. The lowest BCUT2D eigenvalue weighted by Crippen LogP contribution is -2.61. The fraction of sp³-hybridized carbons (Fsp3) is 0.500. The van der Waals surface area contributed by atoms with E-state index in [1.54, 1.807) is 18.0 Å². The Bertz CT molecular complexity index is 784. The molecule has 0 aliphatic carbocycles. The Balaban J connectivity index is 1.77. The minimum absolute atomic E-state index is 0.112. The zero-order valence-electron chi connectivity index (χ0n) is 16.3. The molecule has 26 heavy (non-hydrogen) atoms. The highest BCUT2D eigenvalue weighted by atomic mass is 16.5. The van der Waals surface area contributed by atoms with Crippen molar-refractivity contribution in [2.45, 2.75) is 39.3 Å². The Morgan fingerprint density at radius 2 is 2.00 bits per heavy atom. The number of anilines is 1. The molecule has 3 rings (SSSR count). The Hall–Kier alpha value is -2.50. The zero-order valence-corrected chi connectivity index (χ0v) is 16.3. The molecular formula is C20H28N4O2. The quantitative estimate of drug-likeness (QED) is 0.845. The number of carbonyl (C=O) groups excluding carboxylic acids is 1. The Morgan fingerprint density at radius 1 is 1.27 bits per heavy atom. The summed E-state index contributed by atoms with van der Waals surface area (Å²) in [5.41, 5.74) is 1.94. The van der Waals surface area contributed by atoms with E-state index in [1.165, 1.54) is 0 Å². The fourth-order valence-corrected chi connectivity index (χ4v) is 3.66. The van der Waals surface area contributed by atoms with Gasteiger partial charge in [0.15, 0.2) is 0 Å². The van der Waals surface area contributed by atoms with E-state index in [1.807, 2.05) is 43.1 Å². The van der Waals surface area contributed by atoms with Gasteiger partial charge in [-0.2, -0.15) is 5.10 Å². The number of methoxy groups -OCH3 is 1. The minimum atomic E-state index is -0.294. The molecule has 1 aliphatic heterocycles. The number of hydrogen-bond donors (Lipinski definition) is 0. The fourth-order valence-electron chi connectivity index (χ4n) is 3.66. The first-order chi connectivity index (χ1) is 12.3. The second-order valence-electron chi connectivity index (χ2n) is 7.57. The van der Waals surface area contributed by atoms with Gasteiger partial charge in [0.25, 0.3) is 0 Å². The number of nitrogens with zero attached hydrogens (tertiary/aromatic N) is 4. The van der Waals surface area contributed by atoms with Gasteiger partial charge in [-0.15, -0.1) is 0 Å². The summed E-state index contributed by atoms with van der Waals surface area (Å²) in [5, 5.41) is 4.30. The van der Waals surface area contributed by atoms with Crippen LogP contribution >= 0.6 is 0 Å². The van der Waals surface area contributed by atoms with Crippen molar-refractivity contribution in [1.29, 1.82) is 0 Å². The van der Waals surface area contributed by atoms with Crippen LogP contribution in [-0.2, 0) is 4.79 Å². The van der Waals surface area contributed by atoms with Crippen LogP contribution in [0, 0.1) is 6.92 Å². The van der Waals surface area contributed by atoms with Crippen LogP contribution in [0.3, 0.4) is 0 Å². The van der Waals surface area contributed by atoms with Gasteiger partial charge in [-0.3, -0.25) is 9.48 Å². The second kappa shape index (κ2) is 7.02. The number of rotatable bonds is 4. The Kier molecular flexibility index (Phi) is 4.94. The smallest absolute Gasteiger partial charge is 0.247 e. The van der Waals surface area contributed by atoms with Gasteiger partial charge in [0.2, 0.25) is 5.91 Å². The van der Waals surface area contributed by atoms with Crippen molar-refractivity contribution in [3.8, 4) is 5.75 Å². The molecule has 6 heteroatoms. The Morgan fingerprint density at radius 3 is 2.62 bits per heavy atom. The van der Waals surface area contributed by atoms with Crippen molar-refractivity contribution in [2.75, 3.05) is 31.6 Å². The first-order valence-electron chi connectivity index (χ1n) is 9.03. The summed E-state index contributed by atoms with van der Waals surface area (Å²) in [4.78, 5) is 17.3. The summed E-state index contributed by atoms with van der Waals surface area (Å²) < 4.78 is 7.28. The van der Waals surface area contributed by atoms with Crippen molar-refractivity contribution < 1.29 is 9.53 Å². The van der Waals surface area contributed by atoms with Gasteiger partial charge < -0.3 is 14.5 Å². The van der Waals surface area contributed by atoms with Crippen LogP contribution in [0.1, 0.15) is 32.4 Å². The SMILES string of the molecule is COc1ccccc1N1CCN(C(=O)C(C)n2cc(C)cn2)CC1(C)C. The topological polar surface area (TPSA) is 50.6 Å². The van der Waals surface area contributed by atoms with Crippen molar-refractivity contribution in [1.82, 2.24) is 14.7 Å². The third-order valence-corrected chi connectivity index (χ3v) is 5.07. The number of benzene rings is 1. The number of piperazine rings is 1. The van der Waals surface area contributed by atoms with E-state index in [0.717, 1.165) is 23.5 Å². The molecule has 1 aromatic heterocycles. The molecule has 0 N–H and O–H groups in total. The van der Waals surface area contributed by atoms with Crippen molar-refractivity contribution in [3.05, 3.63) is 42.2 Å². The molecule has 0 radical (unpaired) electrons. The van der Waals surface area contributed by atoms with E-state index >= 15 is 0 Å². The van der Waals surface area contributed by atoms with Crippen LogP contribution in [-0.4, -0.2) is 52.9 Å². The van der Waals surface area contributed by atoms with Gasteiger partial charge in [-0.1, -0.05) is 12.1 Å². The maximum absolute atomic E-state index is 13.0. The molecule has 0 bridgehead atoms. The van der Waals surface area contributed by atoms with Crippen molar-refractivity contribution in [2.24, 2.45) is 0 Å². The molecule has 0 spiro atoms. The van der Waals surface area contributed by atoms with Crippen molar-refractivity contribution >= 4 is 11.6 Å². The van der Waals surface area contributed by atoms with Crippen LogP contribution < -0.4 is 9.64 Å². The number of aryl methyl sites for hydroxylation is 1. The van der Waals surface area contributed by atoms with E-state index in [4.69, 9.17) is 4.74 Å². The van der Waals surface area contributed by atoms with Crippen LogP contribution in [0.25, 0.3) is 0 Å². The monoisotopic (exact) mass is 356 g/mol. The molecule has 1 aliphatic rings. The summed E-state index contributed by atoms with van der Waals surface area (Å²) in [7, 11) is 1.69. The van der Waals surface area contributed by atoms with Gasteiger partial charge in [0, 0.05) is 25.8 Å². The average molecular weight is 356 g/mol. The maximum atomic E-state index is 13.0. The molecule has 2 aromatic rings. The normalized spacial score (nSPS) is 17.9. The third kappa shape index (κ3) is 3.41. The van der Waals surface area contributed by atoms with E-state index < -0.39 is 0 Å². The standard InChI is InChI=1S/C20H28N4O2/c1-15-12-21-24(13-15)16(2)19(25)22-10-11-23(20(3,4)14-22)17-8-6-7-9-18(17)26-5/h6-9,12-13,16H,10-11,14H2,1-5H3. The van der Waals surface area contributed by atoms with Gasteiger partial charge in [-0.05, 0) is 45.4 Å². The molecule has 1 fully saturated rings. The third-order valence-electron chi connectivity index (χ3n) is 5.07. The molecule has 0 saturated carbocycles. The summed E-state index contributed by atoms with van der Waals surface area (Å²) in [6.45, 7) is 10.3. The second-order valence-corrected chi connectivity index (χ2v) is 7.57. The van der Waals surface area contributed by atoms with E-state index in [9.17, 15) is 4.79 Å². The molecule has 1 saturated heterocycles. The van der Waals surface area contributed by atoms with Crippen molar-refractivity contribution in [3.63, 3.8) is 0 Å². The molecule has 140 valence electrons. The van der Waals surface area contributed by atoms with E-state index in [-0.39, 0.29) is 17.5 Å². The lowest BCUT2D eigenvalue weighted by atomic mass is 9.97. The molecular weight excluding hydrogens is 328 g/mol. The van der Waals surface area contributed by atoms with Crippen LogP contribution in [0.5, 0.6) is 5.75 Å². The van der Waals surface area contributed by atoms with Crippen LogP contribution in [0.2, 0.25) is 0 Å². The van der Waals surface area contributed by atoms with Gasteiger partial charge in [-0.25, -0.2) is 0 Å².